The molecule has 0 aliphatic rings. The SMILES string of the molecule is CCNCCC(=O)NC(C)(C)CC. The molecule has 0 aliphatic carbocycles. The largest absolute Gasteiger partial charge is 0.351 e. The number of hydrogen-bond donors (Lipinski definition) is 2. The molecule has 1 amide bonds. The fourth-order valence-electron chi connectivity index (χ4n) is 0.907. The summed E-state index contributed by atoms with van der Waals surface area (Å²) in [4.78, 5) is 11.3. The van der Waals surface area contributed by atoms with Gasteiger partial charge in [-0.1, -0.05) is 13.8 Å². The Kier molecular flexibility index (Phi) is 5.71. The lowest BCUT2D eigenvalue weighted by Gasteiger charge is -2.24. The van der Waals surface area contributed by atoms with Crippen LogP contribution in [0.2, 0.25) is 0 Å². The molecule has 0 atom stereocenters. The summed E-state index contributed by atoms with van der Waals surface area (Å²) in [5.41, 5.74) is -0.0662. The van der Waals surface area contributed by atoms with E-state index in [1.54, 1.807) is 0 Å². The molecule has 0 unspecified atom stereocenters. The van der Waals surface area contributed by atoms with E-state index in [-0.39, 0.29) is 11.4 Å². The van der Waals surface area contributed by atoms with Crippen LogP contribution in [0, 0.1) is 0 Å². The minimum Gasteiger partial charge on any atom is -0.351 e. The fraction of sp³-hybridized carbons (Fsp3) is 0.900. The zero-order chi connectivity index (χ0) is 10.3. The van der Waals surface area contributed by atoms with Gasteiger partial charge in [0.1, 0.15) is 0 Å². The molecule has 13 heavy (non-hydrogen) atoms. The topological polar surface area (TPSA) is 41.1 Å². The highest BCUT2D eigenvalue weighted by atomic mass is 16.1. The highest BCUT2D eigenvalue weighted by molar-refractivity contribution is 5.76. The third-order valence-corrected chi connectivity index (χ3v) is 2.14. The molecule has 78 valence electrons. The quantitative estimate of drug-likeness (QED) is 0.614. The maximum atomic E-state index is 11.3. The predicted molar refractivity (Wildman–Crippen MR) is 55.7 cm³/mol. The van der Waals surface area contributed by atoms with E-state index < -0.39 is 0 Å². The van der Waals surface area contributed by atoms with Gasteiger partial charge in [0.15, 0.2) is 0 Å². The van der Waals surface area contributed by atoms with Crippen molar-refractivity contribution in [2.75, 3.05) is 13.1 Å². The number of hydrogen-bond acceptors (Lipinski definition) is 2. The summed E-state index contributed by atoms with van der Waals surface area (Å²) in [5.74, 6) is 0.132. The molecule has 0 radical (unpaired) electrons. The molecule has 2 N–H and O–H groups in total. The van der Waals surface area contributed by atoms with E-state index in [1.165, 1.54) is 0 Å². The van der Waals surface area contributed by atoms with Crippen molar-refractivity contribution in [3.05, 3.63) is 0 Å². The summed E-state index contributed by atoms with van der Waals surface area (Å²) in [6.45, 7) is 9.88. The molecule has 0 heterocycles. The first-order valence-corrected chi connectivity index (χ1v) is 5.03. The van der Waals surface area contributed by atoms with Crippen molar-refractivity contribution in [1.82, 2.24) is 10.6 Å². The van der Waals surface area contributed by atoms with Crippen molar-refractivity contribution >= 4 is 5.91 Å². The molecule has 0 bridgehead atoms. The van der Waals surface area contributed by atoms with Gasteiger partial charge in [0.05, 0.1) is 0 Å². The van der Waals surface area contributed by atoms with Gasteiger partial charge in [0.25, 0.3) is 0 Å². The zero-order valence-electron chi connectivity index (χ0n) is 9.24. The average molecular weight is 186 g/mol. The van der Waals surface area contributed by atoms with Crippen LogP contribution in [0.4, 0.5) is 0 Å². The normalized spacial score (nSPS) is 11.4. The Balaban J connectivity index is 3.62. The third kappa shape index (κ3) is 6.58. The van der Waals surface area contributed by atoms with Crippen LogP contribution in [-0.2, 0) is 4.79 Å². The lowest BCUT2D eigenvalue weighted by molar-refractivity contribution is -0.122. The molecule has 3 heteroatoms. The second-order valence-corrected chi connectivity index (χ2v) is 3.89. The van der Waals surface area contributed by atoms with Crippen molar-refractivity contribution < 1.29 is 4.79 Å². The van der Waals surface area contributed by atoms with Crippen molar-refractivity contribution in [3.63, 3.8) is 0 Å². The number of rotatable bonds is 6. The van der Waals surface area contributed by atoms with E-state index in [0.717, 1.165) is 19.5 Å². The molecule has 0 fully saturated rings. The van der Waals surface area contributed by atoms with Crippen LogP contribution >= 0.6 is 0 Å². The van der Waals surface area contributed by atoms with Crippen molar-refractivity contribution in [1.29, 1.82) is 0 Å². The Morgan fingerprint density at radius 3 is 2.38 bits per heavy atom. The van der Waals surface area contributed by atoms with Crippen molar-refractivity contribution in [3.8, 4) is 0 Å². The Morgan fingerprint density at radius 2 is 1.92 bits per heavy atom. The standard InChI is InChI=1S/C10H22N2O/c1-5-10(3,4)12-9(13)7-8-11-6-2/h11H,5-8H2,1-4H3,(H,12,13). The second-order valence-electron chi connectivity index (χ2n) is 3.89. The first-order chi connectivity index (χ1) is 6.02. The molecule has 0 aromatic heterocycles. The second kappa shape index (κ2) is 5.97. The molecule has 0 saturated carbocycles. The van der Waals surface area contributed by atoms with Crippen LogP contribution in [0.1, 0.15) is 40.5 Å². The van der Waals surface area contributed by atoms with Gasteiger partial charge >= 0.3 is 0 Å². The summed E-state index contributed by atoms with van der Waals surface area (Å²) >= 11 is 0. The molecular formula is C10H22N2O. The van der Waals surface area contributed by atoms with Crippen LogP contribution in [0.3, 0.4) is 0 Å². The minimum absolute atomic E-state index is 0.0662. The van der Waals surface area contributed by atoms with Gasteiger partial charge in [0, 0.05) is 18.5 Å². The first kappa shape index (κ1) is 12.4. The van der Waals surface area contributed by atoms with Crippen molar-refractivity contribution in [2.24, 2.45) is 0 Å². The van der Waals surface area contributed by atoms with Crippen LogP contribution in [0.25, 0.3) is 0 Å². The van der Waals surface area contributed by atoms with E-state index in [1.807, 2.05) is 20.8 Å². The average Bonchev–Trinajstić information content (AvgIpc) is 2.04. The number of carbonyl (C=O) groups excluding carboxylic acids is 1. The number of carbonyl (C=O) groups is 1. The van der Waals surface area contributed by atoms with Gasteiger partial charge < -0.3 is 10.6 Å². The van der Waals surface area contributed by atoms with Gasteiger partial charge in [-0.25, -0.2) is 0 Å². The maximum Gasteiger partial charge on any atom is 0.221 e. The number of nitrogens with one attached hydrogen (secondary N) is 2. The van der Waals surface area contributed by atoms with Gasteiger partial charge in [-0.3, -0.25) is 4.79 Å². The third-order valence-electron chi connectivity index (χ3n) is 2.14. The highest BCUT2D eigenvalue weighted by Crippen LogP contribution is 2.06. The predicted octanol–water partition coefficient (Wildman–Crippen LogP) is 1.29. The van der Waals surface area contributed by atoms with Gasteiger partial charge in [-0.2, -0.15) is 0 Å². The molecular weight excluding hydrogens is 164 g/mol. The highest BCUT2D eigenvalue weighted by Gasteiger charge is 2.16. The molecule has 0 aromatic rings. The summed E-state index contributed by atoms with van der Waals surface area (Å²) in [6.07, 6.45) is 1.53. The zero-order valence-corrected chi connectivity index (χ0v) is 9.24. The monoisotopic (exact) mass is 186 g/mol. The lowest BCUT2D eigenvalue weighted by atomic mass is 10.0. The van der Waals surface area contributed by atoms with E-state index in [4.69, 9.17) is 0 Å². The van der Waals surface area contributed by atoms with E-state index in [0.29, 0.717) is 6.42 Å². The minimum atomic E-state index is -0.0662. The molecule has 0 rings (SSSR count). The van der Waals surface area contributed by atoms with Gasteiger partial charge in [-0.15, -0.1) is 0 Å². The molecule has 0 aliphatic heterocycles. The molecule has 3 nitrogen and oxygen atoms in total. The van der Waals surface area contributed by atoms with Crippen LogP contribution in [0.5, 0.6) is 0 Å². The van der Waals surface area contributed by atoms with Crippen molar-refractivity contribution in [2.45, 2.75) is 46.1 Å². The summed E-state index contributed by atoms with van der Waals surface area (Å²) in [7, 11) is 0. The molecule has 0 spiro atoms. The van der Waals surface area contributed by atoms with Gasteiger partial charge in [0.2, 0.25) is 5.91 Å². The first-order valence-electron chi connectivity index (χ1n) is 5.03. The smallest absolute Gasteiger partial charge is 0.221 e. The van der Waals surface area contributed by atoms with Crippen LogP contribution in [-0.4, -0.2) is 24.5 Å². The van der Waals surface area contributed by atoms with Crippen LogP contribution < -0.4 is 10.6 Å². The fourth-order valence-corrected chi connectivity index (χ4v) is 0.907. The summed E-state index contributed by atoms with van der Waals surface area (Å²) in [5, 5.41) is 6.11. The Morgan fingerprint density at radius 1 is 1.31 bits per heavy atom. The van der Waals surface area contributed by atoms with Gasteiger partial charge in [-0.05, 0) is 26.8 Å². The van der Waals surface area contributed by atoms with E-state index >= 15 is 0 Å². The molecule has 0 aromatic carbocycles. The summed E-state index contributed by atoms with van der Waals surface area (Å²) < 4.78 is 0. The maximum absolute atomic E-state index is 11.3. The summed E-state index contributed by atoms with van der Waals surface area (Å²) in [6, 6.07) is 0. The Hall–Kier alpha value is -0.570. The van der Waals surface area contributed by atoms with Crippen LogP contribution in [0.15, 0.2) is 0 Å². The molecule has 0 saturated heterocycles. The Labute approximate surface area is 81.3 Å². The lowest BCUT2D eigenvalue weighted by Crippen LogP contribution is -2.43. The van der Waals surface area contributed by atoms with E-state index in [2.05, 4.69) is 17.6 Å². The Bertz CT molecular complexity index is 155. The number of amides is 1. The van der Waals surface area contributed by atoms with E-state index in [9.17, 15) is 4.79 Å².